The molecule has 0 aliphatic heterocycles. The van der Waals surface area contributed by atoms with E-state index >= 15 is 0 Å². The van der Waals surface area contributed by atoms with Gasteiger partial charge in [0.1, 0.15) is 11.6 Å². The maximum Gasteiger partial charge on any atom is 0.251 e. The summed E-state index contributed by atoms with van der Waals surface area (Å²) in [6.45, 7) is 7.14. The number of amides is 1. The summed E-state index contributed by atoms with van der Waals surface area (Å²) in [6, 6.07) is 4.44. The van der Waals surface area contributed by atoms with Gasteiger partial charge in [-0.2, -0.15) is 0 Å². The number of aromatic nitrogens is 1. The van der Waals surface area contributed by atoms with E-state index < -0.39 is 0 Å². The van der Waals surface area contributed by atoms with E-state index in [2.05, 4.69) is 26.1 Å². The summed E-state index contributed by atoms with van der Waals surface area (Å²) in [7, 11) is 1.68. The molecule has 0 atom stereocenters. The van der Waals surface area contributed by atoms with Gasteiger partial charge in [0.25, 0.3) is 5.91 Å². The summed E-state index contributed by atoms with van der Waals surface area (Å²) in [6.07, 6.45) is 1.58. The Morgan fingerprint density at radius 3 is 2.52 bits per heavy atom. The van der Waals surface area contributed by atoms with Crippen LogP contribution >= 0.6 is 24.0 Å². The van der Waals surface area contributed by atoms with Gasteiger partial charge >= 0.3 is 0 Å². The predicted octanol–water partition coefficient (Wildman–Crippen LogP) is 2.96. The average molecular weight is 517 g/mol. The number of carbonyl (C=O) groups excluding carboxylic acids is 1. The lowest BCUT2D eigenvalue weighted by atomic mass is 10.1. The molecule has 1 aromatic carbocycles. The Balaban J connectivity index is 0.00000420. The predicted molar refractivity (Wildman–Crippen MR) is 122 cm³/mol. The summed E-state index contributed by atoms with van der Waals surface area (Å²) in [5, 5.41) is 13.2. The van der Waals surface area contributed by atoms with Gasteiger partial charge in [-0.25, -0.2) is 4.39 Å². The maximum atomic E-state index is 13.6. The van der Waals surface area contributed by atoms with Crippen LogP contribution in [0.15, 0.2) is 27.7 Å². The lowest BCUT2D eigenvalue weighted by Gasteiger charge is -2.13. The molecule has 0 saturated carbocycles. The summed E-state index contributed by atoms with van der Waals surface area (Å²) < 4.78 is 18.9. The van der Waals surface area contributed by atoms with Crippen molar-refractivity contribution < 1.29 is 13.7 Å². The molecular weight excluding hydrogens is 488 g/mol. The number of aryl methyl sites for hydroxylation is 3. The van der Waals surface area contributed by atoms with Gasteiger partial charge in [0, 0.05) is 44.2 Å². The van der Waals surface area contributed by atoms with Crippen LogP contribution < -0.4 is 16.0 Å². The van der Waals surface area contributed by atoms with Crippen LogP contribution in [0.3, 0.4) is 0 Å². The molecule has 7 nitrogen and oxygen atoms in total. The number of halogens is 2. The molecule has 3 N–H and O–H groups in total. The summed E-state index contributed by atoms with van der Waals surface area (Å²) in [5.41, 5.74) is 2.82. The van der Waals surface area contributed by atoms with Crippen LogP contribution in [0.1, 0.15) is 46.8 Å². The lowest BCUT2D eigenvalue weighted by molar-refractivity contribution is 0.0954. The molecule has 0 fully saturated rings. The van der Waals surface area contributed by atoms with Crippen molar-refractivity contribution >= 4 is 35.8 Å². The first-order valence-corrected chi connectivity index (χ1v) is 9.45. The van der Waals surface area contributed by atoms with Crippen LogP contribution in [0.4, 0.5) is 4.39 Å². The molecular formula is C20H29FIN5O2. The Kier molecular flexibility index (Phi) is 10.6. The van der Waals surface area contributed by atoms with Crippen LogP contribution in [0.25, 0.3) is 0 Å². The van der Waals surface area contributed by atoms with Crippen molar-refractivity contribution in [2.75, 3.05) is 20.1 Å². The molecule has 9 heteroatoms. The first-order valence-electron chi connectivity index (χ1n) is 9.45. The van der Waals surface area contributed by atoms with Gasteiger partial charge in [-0.05, 0) is 31.0 Å². The first-order chi connectivity index (χ1) is 13.5. The minimum Gasteiger partial charge on any atom is -0.361 e. The van der Waals surface area contributed by atoms with Crippen molar-refractivity contribution in [3.05, 3.63) is 52.2 Å². The highest BCUT2D eigenvalue weighted by Crippen LogP contribution is 2.15. The van der Waals surface area contributed by atoms with Crippen molar-refractivity contribution in [3.8, 4) is 0 Å². The second kappa shape index (κ2) is 12.4. The largest absolute Gasteiger partial charge is 0.361 e. The molecule has 0 spiro atoms. The number of guanidine groups is 1. The van der Waals surface area contributed by atoms with Crippen molar-refractivity contribution in [2.45, 2.75) is 40.2 Å². The molecule has 0 aliphatic carbocycles. The molecule has 160 valence electrons. The normalized spacial score (nSPS) is 11.0. The van der Waals surface area contributed by atoms with Gasteiger partial charge in [-0.1, -0.05) is 25.1 Å². The monoisotopic (exact) mass is 517 g/mol. The fraction of sp³-hybridized carbons (Fsp3) is 0.450. The van der Waals surface area contributed by atoms with Gasteiger partial charge in [-0.15, -0.1) is 24.0 Å². The van der Waals surface area contributed by atoms with E-state index in [0.29, 0.717) is 36.7 Å². The van der Waals surface area contributed by atoms with E-state index in [1.807, 2.05) is 13.8 Å². The number of nitrogens with one attached hydrogen (secondary N) is 3. The fourth-order valence-corrected chi connectivity index (χ4v) is 2.72. The average Bonchev–Trinajstić information content (AvgIpc) is 3.11. The Hall–Kier alpha value is -2.17. The topological polar surface area (TPSA) is 91.6 Å². The Bertz CT molecular complexity index is 817. The van der Waals surface area contributed by atoms with Crippen LogP contribution in [0, 0.1) is 12.7 Å². The van der Waals surface area contributed by atoms with E-state index in [1.54, 1.807) is 26.1 Å². The number of carbonyl (C=O) groups is 1. The Labute approximate surface area is 187 Å². The van der Waals surface area contributed by atoms with Crippen LogP contribution in [0.5, 0.6) is 0 Å². The lowest BCUT2D eigenvalue weighted by Crippen LogP contribution is -2.41. The molecule has 1 aromatic heterocycles. The third-order valence-corrected chi connectivity index (χ3v) is 4.40. The molecule has 1 heterocycles. The van der Waals surface area contributed by atoms with Gasteiger partial charge in [0.2, 0.25) is 0 Å². The van der Waals surface area contributed by atoms with Gasteiger partial charge in [-0.3, -0.25) is 9.79 Å². The molecule has 1 amide bonds. The zero-order chi connectivity index (χ0) is 20.5. The van der Waals surface area contributed by atoms with E-state index in [4.69, 9.17) is 4.52 Å². The summed E-state index contributed by atoms with van der Waals surface area (Å²) >= 11 is 0. The second-order valence-electron chi connectivity index (χ2n) is 6.31. The van der Waals surface area contributed by atoms with Crippen LogP contribution in [0.2, 0.25) is 0 Å². The molecule has 0 saturated heterocycles. The molecule has 2 aromatic rings. The highest BCUT2D eigenvalue weighted by atomic mass is 127. The summed E-state index contributed by atoms with van der Waals surface area (Å²) in [4.78, 5) is 16.3. The quantitative estimate of drug-likeness (QED) is 0.217. The molecule has 29 heavy (non-hydrogen) atoms. The van der Waals surface area contributed by atoms with Crippen molar-refractivity contribution in [1.82, 2.24) is 21.1 Å². The highest BCUT2D eigenvalue weighted by molar-refractivity contribution is 14.0. The van der Waals surface area contributed by atoms with Gasteiger partial charge < -0.3 is 20.5 Å². The molecule has 0 aliphatic rings. The van der Waals surface area contributed by atoms with E-state index in [-0.39, 0.29) is 35.7 Å². The van der Waals surface area contributed by atoms with E-state index in [1.165, 1.54) is 6.07 Å². The minimum absolute atomic E-state index is 0. The van der Waals surface area contributed by atoms with Crippen molar-refractivity contribution in [2.24, 2.45) is 4.99 Å². The number of nitrogens with zero attached hydrogens (tertiary/aromatic N) is 2. The number of hydrogen-bond acceptors (Lipinski definition) is 4. The smallest absolute Gasteiger partial charge is 0.251 e. The third-order valence-electron chi connectivity index (χ3n) is 4.40. The zero-order valence-electron chi connectivity index (χ0n) is 17.3. The Morgan fingerprint density at radius 2 is 1.90 bits per heavy atom. The third kappa shape index (κ3) is 6.98. The second-order valence-corrected chi connectivity index (χ2v) is 6.31. The fourth-order valence-electron chi connectivity index (χ4n) is 2.72. The van der Waals surface area contributed by atoms with Gasteiger partial charge in [0.05, 0.1) is 5.69 Å². The standard InChI is InChI=1S/C20H28FN5O2.HI/c1-5-17-15(18(6-2)28-26-17)12-25-20(22-4)24-10-9-23-19(27)14-8-7-13(3)16(21)11-14;/h7-8,11H,5-6,9-10,12H2,1-4H3,(H,23,27)(H2,22,24,25);1H. The SMILES string of the molecule is CCc1noc(CC)c1CNC(=NC)NCCNC(=O)c1ccc(C)c(F)c1.I. The number of hydrogen-bond donors (Lipinski definition) is 3. The van der Waals surface area contributed by atoms with Crippen molar-refractivity contribution in [1.29, 1.82) is 0 Å². The number of benzene rings is 1. The van der Waals surface area contributed by atoms with E-state index in [9.17, 15) is 9.18 Å². The van der Waals surface area contributed by atoms with Crippen molar-refractivity contribution in [3.63, 3.8) is 0 Å². The first kappa shape index (κ1) is 24.9. The van der Waals surface area contributed by atoms with E-state index in [0.717, 1.165) is 29.9 Å². The van der Waals surface area contributed by atoms with Crippen LogP contribution in [-0.2, 0) is 19.4 Å². The Morgan fingerprint density at radius 1 is 1.17 bits per heavy atom. The highest BCUT2D eigenvalue weighted by Gasteiger charge is 2.13. The molecule has 0 bridgehead atoms. The number of rotatable bonds is 8. The summed E-state index contributed by atoms with van der Waals surface area (Å²) in [5.74, 6) is 0.786. The maximum absolute atomic E-state index is 13.6. The molecule has 0 radical (unpaired) electrons. The zero-order valence-corrected chi connectivity index (χ0v) is 19.6. The molecule has 0 unspecified atom stereocenters. The van der Waals surface area contributed by atoms with Gasteiger partial charge in [0.15, 0.2) is 5.96 Å². The van der Waals surface area contributed by atoms with Crippen LogP contribution in [-0.4, -0.2) is 37.2 Å². The molecule has 2 rings (SSSR count). The number of aliphatic imine (C=N–C) groups is 1. The minimum atomic E-state index is -0.387.